The lowest BCUT2D eigenvalue weighted by Crippen LogP contribution is -2.01. The third kappa shape index (κ3) is 0.911. The van der Waals surface area contributed by atoms with Gasteiger partial charge in [0.1, 0.15) is 0 Å². The standard InChI is InChI=1S/C7H8N4O/c8-2-4-1-5-6(3-9-4)10-11-7(5)12/h1,3H,2,8H2,(H2,10,11,12). The van der Waals surface area contributed by atoms with Crippen LogP contribution in [-0.4, -0.2) is 15.2 Å². The molecule has 62 valence electrons. The molecule has 4 N–H and O–H groups in total. The van der Waals surface area contributed by atoms with E-state index >= 15 is 0 Å². The molecule has 0 unspecified atom stereocenters. The number of aromatic nitrogens is 3. The van der Waals surface area contributed by atoms with Crippen molar-refractivity contribution in [2.45, 2.75) is 6.54 Å². The summed E-state index contributed by atoms with van der Waals surface area (Å²) < 4.78 is 0. The van der Waals surface area contributed by atoms with Crippen LogP contribution in [0.1, 0.15) is 5.69 Å². The smallest absolute Gasteiger partial charge is 0.271 e. The van der Waals surface area contributed by atoms with E-state index in [0.29, 0.717) is 23.1 Å². The molecule has 2 aromatic rings. The van der Waals surface area contributed by atoms with Crippen molar-refractivity contribution in [3.05, 3.63) is 28.3 Å². The predicted molar refractivity (Wildman–Crippen MR) is 44.6 cm³/mol. The first-order chi connectivity index (χ1) is 5.81. The molecule has 0 aliphatic heterocycles. The van der Waals surface area contributed by atoms with Crippen LogP contribution in [0.5, 0.6) is 0 Å². The predicted octanol–water partition coefficient (Wildman–Crippen LogP) is -0.290. The second kappa shape index (κ2) is 2.46. The van der Waals surface area contributed by atoms with Gasteiger partial charge in [0.2, 0.25) is 0 Å². The van der Waals surface area contributed by atoms with Crippen LogP contribution < -0.4 is 11.3 Å². The lowest BCUT2D eigenvalue weighted by molar-refractivity contribution is 0.996. The fourth-order valence-electron chi connectivity index (χ4n) is 1.09. The van der Waals surface area contributed by atoms with Gasteiger partial charge in [0.15, 0.2) is 0 Å². The van der Waals surface area contributed by atoms with Gasteiger partial charge >= 0.3 is 0 Å². The number of aromatic amines is 2. The molecule has 0 saturated carbocycles. The van der Waals surface area contributed by atoms with Crippen molar-refractivity contribution in [1.29, 1.82) is 0 Å². The Hall–Kier alpha value is -1.62. The summed E-state index contributed by atoms with van der Waals surface area (Å²) in [6.07, 6.45) is 1.59. The quantitative estimate of drug-likeness (QED) is 0.541. The molecule has 0 saturated heterocycles. The van der Waals surface area contributed by atoms with Crippen molar-refractivity contribution in [3.8, 4) is 0 Å². The zero-order chi connectivity index (χ0) is 8.55. The van der Waals surface area contributed by atoms with Crippen LogP contribution in [0.2, 0.25) is 0 Å². The maximum absolute atomic E-state index is 11.1. The molecule has 0 fully saturated rings. The Bertz CT molecular complexity index is 456. The molecule has 2 aromatic heterocycles. The highest BCUT2D eigenvalue weighted by atomic mass is 16.1. The van der Waals surface area contributed by atoms with Gasteiger partial charge in [-0.15, -0.1) is 0 Å². The maximum atomic E-state index is 11.1. The van der Waals surface area contributed by atoms with E-state index in [9.17, 15) is 4.79 Å². The highest BCUT2D eigenvalue weighted by molar-refractivity contribution is 5.76. The van der Waals surface area contributed by atoms with Crippen LogP contribution in [0, 0.1) is 0 Å². The first-order valence-electron chi connectivity index (χ1n) is 3.56. The number of nitrogens with two attached hydrogens (primary N) is 1. The summed E-state index contributed by atoms with van der Waals surface area (Å²) in [5.41, 5.74) is 6.66. The number of hydrogen-bond acceptors (Lipinski definition) is 3. The van der Waals surface area contributed by atoms with E-state index < -0.39 is 0 Å². The first-order valence-corrected chi connectivity index (χ1v) is 3.56. The molecule has 0 amide bonds. The Balaban J connectivity index is 2.80. The summed E-state index contributed by atoms with van der Waals surface area (Å²) >= 11 is 0. The molecular formula is C7H8N4O. The van der Waals surface area contributed by atoms with Crippen LogP contribution in [0.25, 0.3) is 10.9 Å². The van der Waals surface area contributed by atoms with Gasteiger partial charge < -0.3 is 5.73 Å². The van der Waals surface area contributed by atoms with E-state index in [1.54, 1.807) is 12.3 Å². The van der Waals surface area contributed by atoms with Gasteiger partial charge in [-0.1, -0.05) is 0 Å². The van der Waals surface area contributed by atoms with Crippen molar-refractivity contribution in [1.82, 2.24) is 15.2 Å². The second-order valence-electron chi connectivity index (χ2n) is 2.50. The van der Waals surface area contributed by atoms with E-state index in [2.05, 4.69) is 15.2 Å². The Morgan fingerprint density at radius 3 is 3.08 bits per heavy atom. The molecule has 0 aliphatic carbocycles. The van der Waals surface area contributed by atoms with Crippen LogP contribution in [-0.2, 0) is 6.54 Å². The zero-order valence-electron chi connectivity index (χ0n) is 6.29. The van der Waals surface area contributed by atoms with Crippen molar-refractivity contribution < 1.29 is 0 Å². The SMILES string of the molecule is NCc1cc2c(=O)[nH][nH]c2cn1. The molecule has 0 bridgehead atoms. The van der Waals surface area contributed by atoms with E-state index in [0.717, 1.165) is 0 Å². The highest BCUT2D eigenvalue weighted by Gasteiger charge is 2.00. The number of rotatable bonds is 1. The van der Waals surface area contributed by atoms with Crippen molar-refractivity contribution in [2.75, 3.05) is 0 Å². The molecule has 0 aromatic carbocycles. The topological polar surface area (TPSA) is 87.6 Å². The molecular weight excluding hydrogens is 156 g/mol. The molecule has 5 heteroatoms. The number of pyridine rings is 1. The average Bonchev–Trinajstić information content (AvgIpc) is 2.47. The Morgan fingerprint density at radius 1 is 1.50 bits per heavy atom. The first kappa shape index (κ1) is 7.05. The number of nitrogens with zero attached hydrogens (tertiary/aromatic N) is 1. The normalized spacial score (nSPS) is 10.8. The third-order valence-electron chi connectivity index (χ3n) is 1.73. The van der Waals surface area contributed by atoms with Gasteiger partial charge in [-0.25, -0.2) is 0 Å². The molecule has 2 rings (SSSR count). The fraction of sp³-hybridized carbons (Fsp3) is 0.143. The van der Waals surface area contributed by atoms with Crippen LogP contribution in [0.3, 0.4) is 0 Å². The average molecular weight is 164 g/mol. The summed E-state index contributed by atoms with van der Waals surface area (Å²) in [6.45, 7) is 0.348. The lowest BCUT2D eigenvalue weighted by atomic mass is 10.3. The van der Waals surface area contributed by atoms with E-state index in [1.165, 1.54) is 0 Å². The van der Waals surface area contributed by atoms with Gasteiger partial charge in [0, 0.05) is 6.54 Å². The number of hydrogen-bond donors (Lipinski definition) is 3. The number of fused-ring (bicyclic) bond motifs is 1. The Morgan fingerprint density at radius 2 is 2.33 bits per heavy atom. The monoisotopic (exact) mass is 164 g/mol. The lowest BCUT2D eigenvalue weighted by Gasteiger charge is -1.92. The molecule has 12 heavy (non-hydrogen) atoms. The molecule has 0 radical (unpaired) electrons. The van der Waals surface area contributed by atoms with Gasteiger partial charge in [-0.2, -0.15) is 0 Å². The summed E-state index contributed by atoms with van der Waals surface area (Å²) in [5, 5.41) is 5.77. The summed E-state index contributed by atoms with van der Waals surface area (Å²) in [7, 11) is 0. The van der Waals surface area contributed by atoms with E-state index in [-0.39, 0.29) is 5.56 Å². The molecule has 5 nitrogen and oxygen atoms in total. The number of H-pyrrole nitrogens is 2. The van der Waals surface area contributed by atoms with E-state index in [4.69, 9.17) is 5.73 Å². The van der Waals surface area contributed by atoms with Gasteiger partial charge in [-0.3, -0.25) is 20.0 Å². The molecule has 0 atom stereocenters. The number of nitrogens with one attached hydrogen (secondary N) is 2. The van der Waals surface area contributed by atoms with Crippen LogP contribution >= 0.6 is 0 Å². The fourth-order valence-corrected chi connectivity index (χ4v) is 1.09. The van der Waals surface area contributed by atoms with Crippen molar-refractivity contribution >= 4 is 10.9 Å². The minimum atomic E-state index is -0.137. The van der Waals surface area contributed by atoms with Crippen molar-refractivity contribution in [3.63, 3.8) is 0 Å². The summed E-state index contributed by atoms with van der Waals surface area (Å²) in [6, 6.07) is 1.69. The van der Waals surface area contributed by atoms with Crippen LogP contribution in [0.4, 0.5) is 0 Å². The second-order valence-corrected chi connectivity index (χ2v) is 2.50. The molecule has 0 spiro atoms. The van der Waals surface area contributed by atoms with Crippen LogP contribution in [0.15, 0.2) is 17.1 Å². The highest BCUT2D eigenvalue weighted by Crippen LogP contribution is 2.05. The molecule has 0 aliphatic rings. The largest absolute Gasteiger partial charge is 0.325 e. The minimum absolute atomic E-state index is 0.137. The van der Waals surface area contributed by atoms with Crippen molar-refractivity contribution in [2.24, 2.45) is 5.73 Å². The van der Waals surface area contributed by atoms with Gasteiger partial charge in [-0.05, 0) is 6.07 Å². The van der Waals surface area contributed by atoms with E-state index in [1.807, 2.05) is 0 Å². The van der Waals surface area contributed by atoms with Gasteiger partial charge in [0.25, 0.3) is 5.56 Å². The zero-order valence-corrected chi connectivity index (χ0v) is 6.29. The molecule has 2 heterocycles. The Kier molecular flexibility index (Phi) is 1.44. The third-order valence-corrected chi connectivity index (χ3v) is 1.73. The summed E-state index contributed by atoms with van der Waals surface area (Å²) in [5.74, 6) is 0. The van der Waals surface area contributed by atoms with Gasteiger partial charge in [0.05, 0.1) is 22.8 Å². The summed E-state index contributed by atoms with van der Waals surface area (Å²) in [4.78, 5) is 15.1. The Labute approximate surface area is 67.6 Å². The minimum Gasteiger partial charge on any atom is -0.325 e. The maximum Gasteiger partial charge on any atom is 0.271 e.